The van der Waals surface area contributed by atoms with Crippen LogP contribution in [0.15, 0.2) is 42.5 Å². The van der Waals surface area contributed by atoms with Crippen molar-refractivity contribution in [3.05, 3.63) is 65.0 Å². The Bertz CT molecular complexity index is 689. The minimum atomic E-state index is -0.260. The zero-order chi connectivity index (χ0) is 17.4. The average Bonchev–Trinajstić information content (AvgIpc) is 2.55. The second kappa shape index (κ2) is 8.91. The summed E-state index contributed by atoms with van der Waals surface area (Å²) in [6.45, 7) is 3.00. The van der Waals surface area contributed by atoms with Crippen molar-refractivity contribution in [3.8, 4) is 5.75 Å². The van der Waals surface area contributed by atoms with Crippen LogP contribution in [0.3, 0.4) is 0 Å². The van der Waals surface area contributed by atoms with Crippen molar-refractivity contribution in [2.75, 3.05) is 20.2 Å². The van der Waals surface area contributed by atoms with Gasteiger partial charge >= 0.3 is 6.03 Å². The maximum atomic E-state index is 13.1. The van der Waals surface area contributed by atoms with Gasteiger partial charge in [0.15, 0.2) is 0 Å². The lowest BCUT2D eigenvalue weighted by Gasteiger charge is -2.11. The largest absolute Gasteiger partial charge is 0.496 e. The number of ether oxygens (including phenoxy) is 1. The molecule has 0 saturated heterocycles. The molecule has 0 saturated carbocycles. The van der Waals surface area contributed by atoms with Crippen molar-refractivity contribution in [1.82, 2.24) is 10.6 Å². The molecule has 0 fully saturated rings. The molecule has 0 aromatic heterocycles. The van der Waals surface area contributed by atoms with Crippen molar-refractivity contribution in [2.24, 2.45) is 0 Å². The number of halogens is 1. The molecule has 0 aliphatic carbocycles. The highest BCUT2D eigenvalue weighted by molar-refractivity contribution is 5.73. The molecule has 0 aliphatic heterocycles. The van der Waals surface area contributed by atoms with Crippen LogP contribution in [0.5, 0.6) is 5.75 Å². The molecule has 2 N–H and O–H groups in total. The van der Waals surface area contributed by atoms with Gasteiger partial charge in [0.2, 0.25) is 0 Å². The molecule has 0 heterocycles. The average molecular weight is 330 g/mol. The van der Waals surface area contributed by atoms with Crippen LogP contribution >= 0.6 is 0 Å². The molecule has 128 valence electrons. The Balaban J connectivity index is 1.71. The van der Waals surface area contributed by atoms with Gasteiger partial charge in [-0.1, -0.05) is 29.8 Å². The molecule has 2 aromatic carbocycles. The predicted octanol–water partition coefficient (Wildman–Crippen LogP) is 3.23. The summed E-state index contributed by atoms with van der Waals surface area (Å²) in [4.78, 5) is 11.8. The summed E-state index contributed by atoms with van der Waals surface area (Å²) in [5.74, 6) is 0.568. The third-order valence-electron chi connectivity index (χ3n) is 3.70. The standard InChI is InChI=1S/C19H23FN2O2/c1-14-6-7-18(24-2)16(12-14)9-11-22-19(23)21-10-8-15-4-3-5-17(20)13-15/h3-7,12-13H,8-11H2,1-2H3,(H2,21,22,23). The van der Waals surface area contributed by atoms with Crippen molar-refractivity contribution in [3.63, 3.8) is 0 Å². The fourth-order valence-electron chi connectivity index (χ4n) is 2.49. The number of hydrogen-bond acceptors (Lipinski definition) is 2. The summed E-state index contributed by atoms with van der Waals surface area (Å²) in [7, 11) is 1.64. The normalized spacial score (nSPS) is 10.3. The van der Waals surface area contributed by atoms with Crippen molar-refractivity contribution >= 4 is 6.03 Å². The zero-order valence-corrected chi connectivity index (χ0v) is 14.1. The lowest BCUT2D eigenvalue weighted by molar-refractivity contribution is 0.241. The molecule has 0 spiro atoms. The smallest absolute Gasteiger partial charge is 0.314 e. The molecule has 0 atom stereocenters. The molecule has 2 amide bonds. The molecule has 2 rings (SSSR count). The molecule has 0 bridgehead atoms. The van der Waals surface area contributed by atoms with Gasteiger partial charge in [0, 0.05) is 13.1 Å². The first-order chi connectivity index (χ1) is 11.6. The number of benzene rings is 2. The van der Waals surface area contributed by atoms with E-state index in [-0.39, 0.29) is 11.8 Å². The highest BCUT2D eigenvalue weighted by Crippen LogP contribution is 2.19. The summed E-state index contributed by atoms with van der Waals surface area (Å²) in [5.41, 5.74) is 3.09. The Morgan fingerprint density at radius 3 is 2.54 bits per heavy atom. The number of nitrogens with one attached hydrogen (secondary N) is 2. The van der Waals surface area contributed by atoms with E-state index in [1.807, 2.05) is 25.1 Å². The van der Waals surface area contributed by atoms with Crippen molar-refractivity contribution < 1.29 is 13.9 Å². The third-order valence-corrected chi connectivity index (χ3v) is 3.70. The monoisotopic (exact) mass is 330 g/mol. The number of hydrogen-bond donors (Lipinski definition) is 2. The van der Waals surface area contributed by atoms with Gasteiger partial charge in [0.25, 0.3) is 0 Å². The van der Waals surface area contributed by atoms with Gasteiger partial charge in [-0.15, -0.1) is 0 Å². The fraction of sp³-hybridized carbons (Fsp3) is 0.316. The maximum absolute atomic E-state index is 13.1. The maximum Gasteiger partial charge on any atom is 0.314 e. The van der Waals surface area contributed by atoms with Crippen molar-refractivity contribution in [1.29, 1.82) is 0 Å². The van der Waals surface area contributed by atoms with Gasteiger partial charge < -0.3 is 15.4 Å². The minimum Gasteiger partial charge on any atom is -0.496 e. The van der Waals surface area contributed by atoms with Crippen LogP contribution < -0.4 is 15.4 Å². The topological polar surface area (TPSA) is 50.4 Å². The number of urea groups is 1. The fourth-order valence-corrected chi connectivity index (χ4v) is 2.49. The first-order valence-electron chi connectivity index (χ1n) is 7.98. The summed E-state index contributed by atoms with van der Waals surface area (Å²) in [6.07, 6.45) is 1.29. The van der Waals surface area contributed by atoms with Crippen LogP contribution in [-0.2, 0) is 12.8 Å². The van der Waals surface area contributed by atoms with E-state index >= 15 is 0 Å². The van der Waals surface area contributed by atoms with Crippen molar-refractivity contribution in [2.45, 2.75) is 19.8 Å². The number of rotatable bonds is 7. The van der Waals surface area contributed by atoms with E-state index in [9.17, 15) is 9.18 Å². The summed E-state index contributed by atoms with van der Waals surface area (Å²) in [6, 6.07) is 12.2. The highest BCUT2D eigenvalue weighted by atomic mass is 19.1. The zero-order valence-electron chi connectivity index (χ0n) is 14.1. The molecule has 24 heavy (non-hydrogen) atoms. The van der Waals surface area contributed by atoms with E-state index in [2.05, 4.69) is 16.7 Å². The van der Waals surface area contributed by atoms with Crippen LogP contribution in [-0.4, -0.2) is 26.2 Å². The molecule has 5 heteroatoms. The third kappa shape index (κ3) is 5.57. The first kappa shape index (κ1) is 17.8. The Morgan fingerprint density at radius 1 is 1.08 bits per heavy atom. The highest BCUT2D eigenvalue weighted by Gasteiger charge is 2.05. The minimum absolute atomic E-state index is 0.224. The van der Waals surface area contributed by atoms with Crippen LogP contribution in [0.2, 0.25) is 0 Å². The number of aryl methyl sites for hydroxylation is 1. The SMILES string of the molecule is COc1ccc(C)cc1CCNC(=O)NCCc1cccc(F)c1. The van der Waals surface area contributed by atoms with Crippen LogP contribution in [0.1, 0.15) is 16.7 Å². The lowest BCUT2D eigenvalue weighted by Crippen LogP contribution is -2.37. The molecular formula is C19H23FN2O2. The number of methoxy groups -OCH3 is 1. The Kier molecular flexibility index (Phi) is 6.61. The summed E-state index contributed by atoms with van der Waals surface area (Å²) in [5, 5.41) is 5.59. The Morgan fingerprint density at radius 2 is 1.83 bits per heavy atom. The number of carbonyl (C=O) groups is 1. The van der Waals surface area contributed by atoms with Crippen LogP contribution in [0, 0.1) is 12.7 Å². The Labute approximate surface area is 142 Å². The second-order valence-electron chi connectivity index (χ2n) is 5.63. The van der Waals surface area contributed by atoms with Gasteiger partial charge in [-0.25, -0.2) is 9.18 Å². The van der Waals surface area contributed by atoms with Crippen LogP contribution in [0.25, 0.3) is 0 Å². The lowest BCUT2D eigenvalue weighted by atomic mass is 10.1. The molecule has 4 nitrogen and oxygen atoms in total. The summed E-state index contributed by atoms with van der Waals surface area (Å²) >= 11 is 0. The molecule has 0 aliphatic rings. The van der Waals surface area contributed by atoms with Gasteiger partial charge in [-0.2, -0.15) is 0 Å². The first-order valence-corrected chi connectivity index (χ1v) is 7.98. The molecule has 2 aromatic rings. The molecule has 0 unspecified atom stereocenters. The quantitative estimate of drug-likeness (QED) is 0.819. The Hall–Kier alpha value is -2.56. The van der Waals surface area contributed by atoms with Gasteiger partial charge in [0.1, 0.15) is 11.6 Å². The molecule has 0 radical (unpaired) electrons. The van der Waals surface area contributed by atoms with E-state index < -0.39 is 0 Å². The summed E-state index contributed by atoms with van der Waals surface area (Å²) < 4.78 is 18.4. The van der Waals surface area contributed by atoms with Crippen LogP contribution in [0.4, 0.5) is 9.18 Å². The van der Waals surface area contributed by atoms with E-state index in [0.29, 0.717) is 25.9 Å². The van der Waals surface area contributed by atoms with E-state index in [4.69, 9.17) is 4.74 Å². The predicted molar refractivity (Wildman–Crippen MR) is 92.9 cm³/mol. The second-order valence-corrected chi connectivity index (χ2v) is 5.63. The number of amides is 2. The molecular weight excluding hydrogens is 307 g/mol. The van der Waals surface area contributed by atoms with E-state index in [1.54, 1.807) is 13.2 Å². The van der Waals surface area contributed by atoms with Gasteiger partial charge in [-0.3, -0.25) is 0 Å². The van der Waals surface area contributed by atoms with Gasteiger partial charge in [0.05, 0.1) is 7.11 Å². The number of carbonyl (C=O) groups excluding carboxylic acids is 1. The van der Waals surface area contributed by atoms with Gasteiger partial charge in [-0.05, 0) is 49.1 Å². The van der Waals surface area contributed by atoms with E-state index in [0.717, 1.165) is 22.4 Å². The van der Waals surface area contributed by atoms with E-state index in [1.165, 1.54) is 12.1 Å².